The van der Waals surface area contributed by atoms with Gasteiger partial charge in [0.05, 0.1) is 18.1 Å². The maximum Gasteiger partial charge on any atom is 0.166 e. The molecule has 0 amide bonds. The average molecular weight is 270 g/mol. The molecule has 0 atom stereocenters. The Bertz CT molecular complexity index is 496. The first-order valence-corrected chi connectivity index (χ1v) is 5.54. The minimum atomic E-state index is 0.233. The van der Waals surface area contributed by atoms with Gasteiger partial charge in [0.1, 0.15) is 12.4 Å². The van der Waals surface area contributed by atoms with Crippen molar-refractivity contribution in [2.24, 2.45) is 0 Å². The van der Waals surface area contributed by atoms with Crippen LogP contribution in [0.4, 0.5) is 5.69 Å². The molecule has 0 aliphatic rings. The van der Waals surface area contributed by atoms with E-state index < -0.39 is 0 Å². The second-order valence-corrected chi connectivity index (χ2v) is 4.20. The predicted molar refractivity (Wildman–Crippen MR) is 67.2 cm³/mol. The van der Waals surface area contributed by atoms with E-state index in [-0.39, 0.29) is 6.61 Å². The van der Waals surface area contributed by atoms with Crippen molar-refractivity contribution in [1.82, 2.24) is 9.97 Å². The summed E-state index contributed by atoms with van der Waals surface area (Å²) in [5, 5.41) is 1.04. The lowest BCUT2D eigenvalue weighted by Gasteiger charge is -2.06. The lowest BCUT2D eigenvalue weighted by Crippen LogP contribution is -2.02. The number of rotatable bonds is 3. The number of anilines is 1. The summed E-state index contributed by atoms with van der Waals surface area (Å²) in [6.07, 6.45) is 3.05. The zero-order chi connectivity index (χ0) is 12.3. The molecule has 17 heavy (non-hydrogen) atoms. The van der Waals surface area contributed by atoms with Crippen molar-refractivity contribution in [3.63, 3.8) is 0 Å². The third kappa shape index (κ3) is 3.47. The Morgan fingerprint density at radius 1 is 1.06 bits per heavy atom. The molecule has 0 saturated heterocycles. The SMILES string of the molecule is Nc1cnc(COc2cc(Cl)cc(Cl)c2)nc1. The van der Waals surface area contributed by atoms with Gasteiger partial charge in [-0.2, -0.15) is 0 Å². The minimum Gasteiger partial charge on any atom is -0.486 e. The largest absolute Gasteiger partial charge is 0.486 e. The molecule has 1 heterocycles. The Morgan fingerprint density at radius 3 is 2.24 bits per heavy atom. The van der Waals surface area contributed by atoms with E-state index in [4.69, 9.17) is 33.7 Å². The van der Waals surface area contributed by atoms with Gasteiger partial charge in [0.15, 0.2) is 5.82 Å². The standard InChI is InChI=1S/C11H9Cl2N3O/c12-7-1-8(13)3-10(2-7)17-6-11-15-4-9(14)5-16-11/h1-5H,6,14H2. The Morgan fingerprint density at radius 2 is 1.65 bits per heavy atom. The van der Waals surface area contributed by atoms with Gasteiger partial charge in [-0.25, -0.2) is 9.97 Å². The Labute approximate surface area is 108 Å². The molecular weight excluding hydrogens is 261 g/mol. The van der Waals surface area contributed by atoms with E-state index in [1.54, 1.807) is 18.2 Å². The van der Waals surface area contributed by atoms with E-state index in [0.717, 1.165) is 0 Å². The molecule has 0 unspecified atom stereocenters. The highest BCUT2D eigenvalue weighted by Gasteiger charge is 2.01. The Balaban J connectivity index is 2.04. The summed E-state index contributed by atoms with van der Waals surface area (Å²) in [7, 11) is 0. The smallest absolute Gasteiger partial charge is 0.166 e. The Kier molecular flexibility index (Phi) is 3.66. The molecule has 0 fully saturated rings. The van der Waals surface area contributed by atoms with Crippen molar-refractivity contribution >= 4 is 28.9 Å². The maximum absolute atomic E-state index is 5.84. The maximum atomic E-state index is 5.84. The number of ether oxygens (including phenoxy) is 1. The van der Waals surface area contributed by atoms with Crippen molar-refractivity contribution in [3.8, 4) is 5.75 Å². The van der Waals surface area contributed by atoms with Crippen LogP contribution in [0, 0.1) is 0 Å². The third-order valence-electron chi connectivity index (χ3n) is 1.93. The summed E-state index contributed by atoms with van der Waals surface area (Å²) < 4.78 is 5.46. The lowest BCUT2D eigenvalue weighted by molar-refractivity contribution is 0.296. The van der Waals surface area contributed by atoms with Gasteiger partial charge in [0.2, 0.25) is 0 Å². The second-order valence-electron chi connectivity index (χ2n) is 3.33. The van der Waals surface area contributed by atoms with Crippen LogP contribution in [0.5, 0.6) is 5.75 Å². The molecule has 0 radical (unpaired) electrons. The number of hydrogen-bond acceptors (Lipinski definition) is 4. The van der Waals surface area contributed by atoms with E-state index in [2.05, 4.69) is 9.97 Å². The van der Waals surface area contributed by atoms with Gasteiger partial charge in [0.25, 0.3) is 0 Å². The molecule has 1 aromatic carbocycles. The zero-order valence-electron chi connectivity index (χ0n) is 8.73. The molecule has 2 N–H and O–H groups in total. The first-order valence-electron chi connectivity index (χ1n) is 4.79. The Hall–Kier alpha value is -1.52. The number of nitrogens with two attached hydrogens (primary N) is 1. The van der Waals surface area contributed by atoms with Crippen LogP contribution in [0.1, 0.15) is 5.82 Å². The molecule has 0 aliphatic heterocycles. The molecule has 0 aliphatic carbocycles. The molecule has 0 spiro atoms. The van der Waals surface area contributed by atoms with E-state index in [1.165, 1.54) is 12.4 Å². The van der Waals surface area contributed by atoms with Crippen LogP contribution in [0.3, 0.4) is 0 Å². The highest BCUT2D eigenvalue weighted by molar-refractivity contribution is 6.34. The molecule has 0 saturated carbocycles. The van der Waals surface area contributed by atoms with Gasteiger partial charge >= 0.3 is 0 Å². The minimum absolute atomic E-state index is 0.233. The summed E-state index contributed by atoms with van der Waals surface area (Å²) in [5.74, 6) is 1.11. The molecule has 2 rings (SSSR count). The summed E-state index contributed by atoms with van der Waals surface area (Å²) in [4.78, 5) is 8.02. The summed E-state index contributed by atoms with van der Waals surface area (Å²) >= 11 is 11.7. The normalized spacial score (nSPS) is 10.2. The van der Waals surface area contributed by atoms with Crippen molar-refractivity contribution < 1.29 is 4.74 Å². The van der Waals surface area contributed by atoms with Crippen molar-refractivity contribution in [2.75, 3.05) is 5.73 Å². The number of hydrogen-bond donors (Lipinski definition) is 1. The van der Waals surface area contributed by atoms with Crippen LogP contribution in [0.15, 0.2) is 30.6 Å². The van der Waals surface area contributed by atoms with E-state index in [0.29, 0.717) is 27.3 Å². The molecule has 4 nitrogen and oxygen atoms in total. The van der Waals surface area contributed by atoms with Gasteiger partial charge in [0, 0.05) is 10.0 Å². The fourth-order valence-electron chi connectivity index (χ4n) is 1.20. The van der Waals surface area contributed by atoms with Crippen molar-refractivity contribution in [2.45, 2.75) is 6.61 Å². The summed E-state index contributed by atoms with van der Waals surface area (Å²) in [5.41, 5.74) is 5.99. The summed E-state index contributed by atoms with van der Waals surface area (Å²) in [6, 6.07) is 4.98. The van der Waals surface area contributed by atoms with Crippen LogP contribution >= 0.6 is 23.2 Å². The molecule has 88 valence electrons. The van der Waals surface area contributed by atoms with Crippen LogP contribution in [0.25, 0.3) is 0 Å². The van der Waals surface area contributed by atoms with Gasteiger partial charge in [-0.3, -0.25) is 0 Å². The van der Waals surface area contributed by atoms with Crippen LogP contribution < -0.4 is 10.5 Å². The van der Waals surface area contributed by atoms with Crippen LogP contribution in [-0.2, 0) is 6.61 Å². The highest BCUT2D eigenvalue weighted by Crippen LogP contribution is 2.24. The van der Waals surface area contributed by atoms with Gasteiger partial charge in [-0.15, -0.1) is 0 Å². The molecule has 1 aromatic heterocycles. The summed E-state index contributed by atoms with van der Waals surface area (Å²) in [6.45, 7) is 0.233. The fourth-order valence-corrected chi connectivity index (χ4v) is 1.71. The number of aromatic nitrogens is 2. The number of nitrogens with zero attached hydrogens (tertiary/aromatic N) is 2. The third-order valence-corrected chi connectivity index (χ3v) is 2.37. The quantitative estimate of drug-likeness (QED) is 0.931. The number of halogens is 2. The highest BCUT2D eigenvalue weighted by atomic mass is 35.5. The van der Waals surface area contributed by atoms with Crippen LogP contribution in [-0.4, -0.2) is 9.97 Å². The average Bonchev–Trinajstić information content (AvgIpc) is 2.27. The monoisotopic (exact) mass is 269 g/mol. The van der Waals surface area contributed by atoms with E-state index in [1.807, 2.05) is 0 Å². The van der Waals surface area contributed by atoms with Crippen molar-refractivity contribution in [1.29, 1.82) is 0 Å². The molecule has 2 aromatic rings. The first-order chi connectivity index (χ1) is 8.13. The fraction of sp³-hybridized carbons (Fsp3) is 0.0909. The topological polar surface area (TPSA) is 61.0 Å². The lowest BCUT2D eigenvalue weighted by atomic mass is 10.3. The second kappa shape index (κ2) is 5.21. The number of nitrogen functional groups attached to an aromatic ring is 1. The predicted octanol–water partition coefficient (Wildman–Crippen LogP) is 2.94. The van der Waals surface area contributed by atoms with Gasteiger partial charge in [-0.05, 0) is 18.2 Å². The van der Waals surface area contributed by atoms with Gasteiger partial charge < -0.3 is 10.5 Å². The molecule has 6 heteroatoms. The molecular formula is C11H9Cl2N3O. The zero-order valence-corrected chi connectivity index (χ0v) is 10.2. The molecule has 0 bridgehead atoms. The van der Waals surface area contributed by atoms with Gasteiger partial charge in [-0.1, -0.05) is 23.2 Å². The van der Waals surface area contributed by atoms with Crippen molar-refractivity contribution in [3.05, 3.63) is 46.5 Å². The number of benzene rings is 1. The first kappa shape index (κ1) is 12.0. The van der Waals surface area contributed by atoms with Crippen LogP contribution in [0.2, 0.25) is 10.0 Å². The van der Waals surface area contributed by atoms with E-state index >= 15 is 0 Å². The van der Waals surface area contributed by atoms with E-state index in [9.17, 15) is 0 Å².